The zero-order chi connectivity index (χ0) is 30.8. The van der Waals surface area contributed by atoms with Crippen LogP contribution in [0.4, 0.5) is 5.82 Å². The van der Waals surface area contributed by atoms with Crippen LogP contribution in [0.3, 0.4) is 0 Å². The summed E-state index contributed by atoms with van der Waals surface area (Å²) in [5.41, 5.74) is 5.05. The predicted molar refractivity (Wildman–Crippen MR) is 173 cm³/mol. The maximum Gasteiger partial charge on any atom is 0.337 e. The second kappa shape index (κ2) is 10.6. The number of thiazole rings is 1. The van der Waals surface area contributed by atoms with Gasteiger partial charge in [0.05, 0.1) is 40.0 Å². The number of aromatic nitrogens is 3. The third-order valence-corrected chi connectivity index (χ3v) is 9.33. The first-order valence-electron chi connectivity index (χ1n) is 14.1. The van der Waals surface area contributed by atoms with Crippen LogP contribution in [0.2, 0.25) is 5.02 Å². The fourth-order valence-corrected chi connectivity index (χ4v) is 7.06. The second-order valence-corrected chi connectivity index (χ2v) is 13.9. The molecule has 6 rings (SSSR count). The summed E-state index contributed by atoms with van der Waals surface area (Å²) in [5.74, 6) is -0.110. The number of hydrogen-bond acceptors (Lipinski definition) is 7. The Morgan fingerprint density at radius 2 is 1.79 bits per heavy atom. The van der Waals surface area contributed by atoms with Crippen molar-refractivity contribution >= 4 is 55.8 Å². The van der Waals surface area contributed by atoms with Crippen molar-refractivity contribution in [2.24, 2.45) is 7.05 Å². The first-order valence-corrected chi connectivity index (χ1v) is 15.3. The molecule has 5 aromatic rings. The molecule has 0 unspecified atom stereocenters. The smallest absolute Gasteiger partial charge is 0.337 e. The molecule has 1 aliphatic rings. The van der Waals surface area contributed by atoms with Gasteiger partial charge in [0.25, 0.3) is 0 Å². The number of anilines is 1. The van der Waals surface area contributed by atoms with E-state index in [1.165, 1.54) is 0 Å². The monoisotopic (exact) mass is 618 g/mol. The average Bonchev–Trinajstić information content (AvgIpc) is 3.49. The Labute approximate surface area is 259 Å². The summed E-state index contributed by atoms with van der Waals surface area (Å²) in [6.07, 6.45) is -1.16. The van der Waals surface area contributed by atoms with Crippen molar-refractivity contribution in [3.05, 3.63) is 64.7 Å². The average molecular weight is 619 g/mol. The highest BCUT2D eigenvalue weighted by molar-refractivity contribution is 7.22. The van der Waals surface area contributed by atoms with E-state index in [4.69, 9.17) is 31.2 Å². The summed E-state index contributed by atoms with van der Waals surface area (Å²) >= 11 is 7.80. The van der Waals surface area contributed by atoms with Gasteiger partial charge >= 0.3 is 5.97 Å². The lowest BCUT2D eigenvalue weighted by atomic mass is 9.91. The third-order valence-electron chi connectivity index (χ3n) is 7.94. The number of methoxy groups -OCH3 is 1. The van der Waals surface area contributed by atoms with Gasteiger partial charge in [-0.1, -0.05) is 23.7 Å². The van der Waals surface area contributed by atoms with E-state index in [0.29, 0.717) is 10.6 Å². The molecule has 3 aromatic carbocycles. The van der Waals surface area contributed by atoms with Gasteiger partial charge in [-0.3, -0.25) is 4.68 Å². The van der Waals surface area contributed by atoms with Crippen molar-refractivity contribution in [3.8, 4) is 21.7 Å². The lowest BCUT2D eigenvalue weighted by molar-refractivity contribution is -0.160. The number of aliphatic carboxylic acids is 1. The van der Waals surface area contributed by atoms with Crippen LogP contribution in [0.1, 0.15) is 44.9 Å². The van der Waals surface area contributed by atoms with Crippen LogP contribution in [0, 0.1) is 6.92 Å². The fourth-order valence-electron chi connectivity index (χ4n) is 5.82. The van der Waals surface area contributed by atoms with Crippen LogP contribution in [0.15, 0.2) is 48.5 Å². The first kappa shape index (κ1) is 29.6. The third kappa shape index (κ3) is 5.40. The molecule has 224 valence electrons. The molecule has 1 aliphatic heterocycles. The Kier molecular flexibility index (Phi) is 7.28. The van der Waals surface area contributed by atoms with Crippen LogP contribution >= 0.6 is 22.9 Å². The van der Waals surface area contributed by atoms with Crippen LogP contribution in [-0.4, -0.2) is 57.2 Å². The fraction of sp³-hybridized carbons (Fsp3) is 0.364. The number of fused-ring (bicyclic) bond motifs is 2. The molecule has 8 nitrogen and oxygen atoms in total. The van der Waals surface area contributed by atoms with Gasteiger partial charge in [0.15, 0.2) is 11.9 Å². The number of carbonyl (C=O) groups is 1. The van der Waals surface area contributed by atoms with Gasteiger partial charge in [-0.15, -0.1) is 11.3 Å². The minimum Gasteiger partial charge on any atom is -0.479 e. The molecule has 0 spiro atoms. The number of benzene rings is 3. The Hall–Kier alpha value is -3.50. The number of carboxylic acids is 1. The summed E-state index contributed by atoms with van der Waals surface area (Å²) in [6, 6.07) is 15.7. The zero-order valence-corrected chi connectivity index (χ0v) is 26.9. The van der Waals surface area contributed by atoms with Crippen molar-refractivity contribution < 1.29 is 19.4 Å². The number of rotatable bonds is 7. The lowest BCUT2D eigenvalue weighted by Gasteiger charge is -2.47. The summed E-state index contributed by atoms with van der Waals surface area (Å²) < 4.78 is 14.6. The highest BCUT2D eigenvalue weighted by Gasteiger charge is 2.41. The van der Waals surface area contributed by atoms with Crippen molar-refractivity contribution in [2.75, 3.05) is 25.1 Å². The molecular weight excluding hydrogens is 584 g/mol. The van der Waals surface area contributed by atoms with Crippen molar-refractivity contribution in [1.29, 1.82) is 0 Å². The minimum atomic E-state index is -1.16. The number of ether oxygens (including phenoxy) is 2. The van der Waals surface area contributed by atoms with E-state index in [1.807, 2.05) is 69.8 Å². The van der Waals surface area contributed by atoms with E-state index < -0.39 is 17.7 Å². The van der Waals surface area contributed by atoms with Crippen molar-refractivity contribution in [1.82, 2.24) is 14.8 Å². The van der Waals surface area contributed by atoms with Crippen LogP contribution in [0.5, 0.6) is 0 Å². The van der Waals surface area contributed by atoms with Crippen LogP contribution in [-0.2, 0) is 21.3 Å². The van der Waals surface area contributed by atoms with Gasteiger partial charge in [0.2, 0.25) is 0 Å². The summed E-state index contributed by atoms with van der Waals surface area (Å²) in [6.45, 7) is 11.2. The van der Waals surface area contributed by atoms with E-state index in [1.54, 1.807) is 18.4 Å². The predicted octanol–water partition coefficient (Wildman–Crippen LogP) is 7.64. The number of nitrogens with zero attached hydrogens (tertiary/aromatic N) is 4. The molecule has 0 radical (unpaired) electrons. The van der Waals surface area contributed by atoms with Gasteiger partial charge in [-0.2, -0.15) is 5.10 Å². The molecule has 1 fully saturated rings. The lowest BCUT2D eigenvalue weighted by Crippen LogP contribution is -2.61. The van der Waals surface area contributed by atoms with Gasteiger partial charge in [-0.25, -0.2) is 9.78 Å². The molecule has 1 saturated heterocycles. The zero-order valence-electron chi connectivity index (χ0n) is 25.4. The van der Waals surface area contributed by atoms with Gasteiger partial charge in [0, 0.05) is 41.3 Å². The Bertz CT molecular complexity index is 1870. The van der Waals surface area contributed by atoms with E-state index >= 15 is 0 Å². The van der Waals surface area contributed by atoms with E-state index in [-0.39, 0.29) is 5.60 Å². The standard InChI is InChI=1S/C33H35ClN4O4S/c1-18-14-23-28(26(19-8-11-21(34)12-9-19)25(18)27(31(39)40)42-32(2,3)4)43-30(35-23)20-10-13-24-22(15-20)29(36-37(24)6)38-16-33(5,17-38)41-7/h8-15,27H,16-17H2,1-7H3,(H,39,40)/t27-/m0/s1. The highest BCUT2D eigenvalue weighted by atomic mass is 35.5. The molecule has 1 atom stereocenters. The second-order valence-electron chi connectivity index (χ2n) is 12.5. The molecule has 0 saturated carbocycles. The Balaban J connectivity index is 1.53. The van der Waals surface area contributed by atoms with E-state index in [2.05, 4.69) is 30.0 Å². The molecule has 43 heavy (non-hydrogen) atoms. The largest absolute Gasteiger partial charge is 0.479 e. The van der Waals surface area contributed by atoms with Crippen LogP contribution in [0.25, 0.3) is 42.8 Å². The van der Waals surface area contributed by atoms with Gasteiger partial charge in [-0.05, 0) is 82.1 Å². The number of carboxylic acid groups (broad SMARTS) is 1. The molecule has 0 bridgehead atoms. The molecule has 10 heteroatoms. The van der Waals surface area contributed by atoms with Gasteiger partial charge < -0.3 is 19.5 Å². The maximum atomic E-state index is 12.7. The summed E-state index contributed by atoms with van der Waals surface area (Å²) in [7, 11) is 3.71. The normalized spacial score (nSPS) is 15.7. The van der Waals surface area contributed by atoms with Crippen LogP contribution < -0.4 is 4.90 Å². The summed E-state index contributed by atoms with van der Waals surface area (Å²) in [5, 5.41) is 17.7. The highest BCUT2D eigenvalue weighted by Crippen LogP contribution is 2.45. The molecule has 1 N–H and O–H groups in total. The molecule has 0 amide bonds. The van der Waals surface area contributed by atoms with E-state index in [9.17, 15) is 9.90 Å². The number of hydrogen-bond donors (Lipinski definition) is 1. The molecule has 0 aliphatic carbocycles. The number of halogens is 1. The first-order chi connectivity index (χ1) is 20.3. The SMILES string of the molecule is COC1(C)CN(c2nn(C)c3ccc(-c4nc5cc(C)c([C@H](OC(C)(C)C)C(=O)O)c(-c6ccc(Cl)cc6)c5s4)cc23)C1. The van der Waals surface area contributed by atoms with Crippen molar-refractivity contribution in [3.63, 3.8) is 0 Å². The topological polar surface area (TPSA) is 89.7 Å². The quantitative estimate of drug-likeness (QED) is 0.200. The summed E-state index contributed by atoms with van der Waals surface area (Å²) in [4.78, 5) is 20.0. The number of aryl methyl sites for hydroxylation is 2. The molecule has 2 aromatic heterocycles. The van der Waals surface area contributed by atoms with Crippen molar-refractivity contribution in [2.45, 2.75) is 51.9 Å². The molecule has 3 heterocycles. The Morgan fingerprint density at radius 3 is 2.42 bits per heavy atom. The Morgan fingerprint density at radius 1 is 1.12 bits per heavy atom. The minimum absolute atomic E-state index is 0.174. The van der Waals surface area contributed by atoms with E-state index in [0.717, 1.165) is 67.3 Å². The molecular formula is C33H35ClN4O4S. The van der Waals surface area contributed by atoms with Gasteiger partial charge in [0.1, 0.15) is 5.01 Å². The maximum absolute atomic E-state index is 12.7.